The Morgan fingerprint density at radius 2 is 1.57 bits per heavy atom. The number of nitrogens with zero attached hydrogens (tertiary/aromatic N) is 2. The van der Waals surface area contributed by atoms with E-state index in [-0.39, 0.29) is 42.1 Å². The maximum atomic E-state index is 12.7. The fraction of sp³-hybridized carbons (Fsp3) is 0.833. The first-order chi connectivity index (χ1) is 11.1. The normalized spacial score (nSPS) is 36.7. The highest BCUT2D eigenvalue weighted by molar-refractivity contribution is 6.08. The third-order valence-electron chi connectivity index (χ3n) is 6.83. The van der Waals surface area contributed by atoms with Gasteiger partial charge in [0.15, 0.2) is 0 Å². The Kier molecular flexibility index (Phi) is 3.69. The first kappa shape index (κ1) is 15.2. The lowest BCUT2D eigenvalue weighted by atomic mass is 9.81. The molecular formula is C18H26N2O3. The summed E-state index contributed by atoms with van der Waals surface area (Å²) < 4.78 is 0. The molecule has 23 heavy (non-hydrogen) atoms. The summed E-state index contributed by atoms with van der Waals surface area (Å²) in [6, 6.07) is 0.278. The molecule has 2 bridgehead atoms. The fourth-order valence-electron chi connectivity index (χ4n) is 5.55. The fourth-order valence-corrected chi connectivity index (χ4v) is 5.55. The lowest BCUT2D eigenvalue weighted by molar-refractivity contribution is -0.147. The van der Waals surface area contributed by atoms with Gasteiger partial charge in [-0.2, -0.15) is 0 Å². The van der Waals surface area contributed by atoms with Crippen molar-refractivity contribution < 1.29 is 14.4 Å². The van der Waals surface area contributed by atoms with E-state index in [9.17, 15) is 14.4 Å². The number of fused-ring (bicyclic) bond motifs is 5. The summed E-state index contributed by atoms with van der Waals surface area (Å²) in [6.07, 6.45) is 8.85. The number of likely N-dealkylation sites (N-methyl/N-ethyl adjacent to an activating group) is 1. The molecule has 3 amide bonds. The van der Waals surface area contributed by atoms with Crippen molar-refractivity contribution in [1.29, 1.82) is 0 Å². The number of likely N-dealkylation sites (tertiary alicyclic amines) is 1. The molecule has 1 saturated heterocycles. The Labute approximate surface area is 137 Å². The van der Waals surface area contributed by atoms with Crippen LogP contribution in [-0.4, -0.2) is 47.2 Å². The molecule has 4 atom stereocenters. The Morgan fingerprint density at radius 3 is 2.13 bits per heavy atom. The zero-order valence-electron chi connectivity index (χ0n) is 13.9. The number of rotatable bonds is 3. The molecule has 5 heteroatoms. The van der Waals surface area contributed by atoms with Crippen LogP contribution in [0.25, 0.3) is 0 Å². The van der Waals surface area contributed by atoms with Gasteiger partial charge in [-0.05, 0) is 43.9 Å². The lowest BCUT2D eigenvalue weighted by Crippen LogP contribution is -2.46. The van der Waals surface area contributed by atoms with E-state index in [0.29, 0.717) is 11.8 Å². The van der Waals surface area contributed by atoms with Crippen LogP contribution in [0.15, 0.2) is 0 Å². The Hall–Kier alpha value is -1.39. The molecule has 0 radical (unpaired) electrons. The van der Waals surface area contributed by atoms with Crippen LogP contribution in [0.2, 0.25) is 0 Å². The van der Waals surface area contributed by atoms with Crippen LogP contribution in [0.1, 0.15) is 51.4 Å². The molecule has 0 spiro atoms. The molecule has 1 aliphatic heterocycles. The van der Waals surface area contributed by atoms with Crippen molar-refractivity contribution >= 4 is 17.7 Å². The highest BCUT2D eigenvalue weighted by Gasteiger charge is 2.61. The van der Waals surface area contributed by atoms with Gasteiger partial charge >= 0.3 is 0 Å². The maximum Gasteiger partial charge on any atom is 0.242 e. The molecule has 0 N–H and O–H groups in total. The minimum absolute atomic E-state index is 0.0445. The molecule has 5 nitrogen and oxygen atoms in total. The van der Waals surface area contributed by atoms with Gasteiger partial charge in [0.2, 0.25) is 17.7 Å². The van der Waals surface area contributed by atoms with Crippen molar-refractivity contribution in [2.24, 2.45) is 23.7 Å². The molecule has 0 unspecified atom stereocenters. The van der Waals surface area contributed by atoms with Crippen molar-refractivity contribution in [1.82, 2.24) is 9.80 Å². The number of carbonyl (C=O) groups is 3. The van der Waals surface area contributed by atoms with Gasteiger partial charge in [0.25, 0.3) is 0 Å². The Morgan fingerprint density at radius 1 is 1.00 bits per heavy atom. The van der Waals surface area contributed by atoms with Crippen LogP contribution in [0.3, 0.4) is 0 Å². The maximum absolute atomic E-state index is 12.7. The Bertz CT molecular complexity index is 512. The summed E-state index contributed by atoms with van der Waals surface area (Å²) in [5.41, 5.74) is 0. The van der Waals surface area contributed by atoms with Crippen molar-refractivity contribution in [3.05, 3.63) is 0 Å². The predicted octanol–water partition coefficient (Wildman–Crippen LogP) is 1.81. The van der Waals surface area contributed by atoms with E-state index in [4.69, 9.17) is 0 Å². The molecule has 4 fully saturated rings. The minimum atomic E-state index is -0.117. The number of amides is 3. The third kappa shape index (κ3) is 2.31. The van der Waals surface area contributed by atoms with Gasteiger partial charge in [-0.3, -0.25) is 19.3 Å². The minimum Gasteiger partial charge on any atom is -0.341 e. The van der Waals surface area contributed by atoms with Crippen LogP contribution in [0.5, 0.6) is 0 Å². The van der Waals surface area contributed by atoms with Gasteiger partial charge in [-0.25, -0.2) is 0 Å². The molecule has 4 aliphatic rings. The van der Waals surface area contributed by atoms with Gasteiger partial charge in [0.05, 0.1) is 11.8 Å². The molecule has 126 valence electrons. The molecule has 4 rings (SSSR count). The summed E-state index contributed by atoms with van der Waals surface area (Å²) in [5.74, 6) is 0.319. The summed E-state index contributed by atoms with van der Waals surface area (Å²) in [4.78, 5) is 40.9. The second-order valence-corrected chi connectivity index (χ2v) is 7.94. The average molecular weight is 318 g/mol. The predicted molar refractivity (Wildman–Crippen MR) is 84.2 cm³/mol. The molecule has 3 saturated carbocycles. The summed E-state index contributed by atoms with van der Waals surface area (Å²) in [7, 11) is 1.83. The second-order valence-electron chi connectivity index (χ2n) is 7.94. The number of imide groups is 1. The third-order valence-corrected chi connectivity index (χ3v) is 6.83. The van der Waals surface area contributed by atoms with Crippen LogP contribution >= 0.6 is 0 Å². The van der Waals surface area contributed by atoms with E-state index < -0.39 is 0 Å². The van der Waals surface area contributed by atoms with E-state index in [1.807, 2.05) is 7.05 Å². The number of carbonyl (C=O) groups excluding carboxylic acids is 3. The summed E-state index contributed by atoms with van der Waals surface area (Å²) in [5, 5.41) is 0. The second kappa shape index (κ2) is 5.60. The first-order valence-corrected chi connectivity index (χ1v) is 9.19. The van der Waals surface area contributed by atoms with E-state index >= 15 is 0 Å². The largest absolute Gasteiger partial charge is 0.341 e. The van der Waals surface area contributed by atoms with E-state index in [1.165, 1.54) is 11.3 Å². The highest BCUT2D eigenvalue weighted by Crippen LogP contribution is 2.56. The molecule has 0 aromatic heterocycles. The zero-order valence-corrected chi connectivity index (χ0v) is 13.9. The van der Waals surface area contributed by atoms with Crippen LogP contribution in [0, 0.1) is 23.7 Å². The SMILES string of the molecule is CN(C(=O)CN1C(=O)[C@@H]2[C@H]3CC[C@@H](C3)[C@@H]2C1=O)C1CCCCC1. The van der Waals surface area contributed by atoms with E-state index in [0.717, 1.165) is 44.9 Å². The number of hydrogen-bond donors (Lipinski definition) is 0. The zero-order chi connectivity index (χ0) is 16.1. The standard InChI is InChI=1S/C18H26N2O3/c1-19(13-5-3-2-4-6-13)14(21)10-20-17(22)15-11-7-8-12(9-11)16(15)18(20)23/h11-13,15-16H,2-10H2,1H3/t11-,12-,15-,16+/m0/s1. The van der Waals surface area contributed by atoms with Gasteiger partial charge in [-0.15, -0.1) is 0 Å². The topological polar surface area (TPSA) is 57.7 Å². The van der Waals surface area contributed by atoms with E-state index in [2.05, 4.69) is 0 Å². The molecule has 0 aromatic rings. The highest BCUT2D eigenvalue weighted by atomic mass is 16.2. The van der Waals surface area contributed by atoms with Gasteiger partial charge in [-0.1, -0.05) is 19.3 Å². The average Bonchev–Trinajstić information content (AvgIpc) is 3.24. The quantitative estimate of drug-likeness (QED) is 0.746. The van der Waals surface area contributed by atoms with E-state index in [1.54, 1.807) is 4.90 Å². The summed E-state index contributed by atoms with van der Waals surface area (Å²) in [6.45, 7) is -0.0445. The number of hydrogen-bond acceptors (Lipinski definition) is 3. The smallest absolute Gasteiger partial charge is 0.242 e. The first-order valence-electron chi connectivity index (χ1n) is 9.19. The summed E-state index contributed by atoms with van der Waals surface area (Å²) >= 11 is 0. The monoisotopic (exact) mass is 318 g/mol. The molecule has 3 aliphatic carbocycles. The lowest BCUT2D eigenvalue weighted by Gasteiger charge is -2.32. The van der Waals surface area contributed by atoms with Gasteiger partial charge in [0.1, 0.15) is 6.54 Å². The molecular weight excluding hydrogens is 292 g/mol. The molecule has 1 heterocycles. The van der Waals surface area contributed by atoms with Crippen molar-refractivity contribution in [2.75, 3.05) is 13.6 Å². The van der Waals surface area contributed by atoms with Crippen LogP contribution in [0.4, 0.5) is 0 Å². The van der Waals surface area contributed by atoms with Crippen molar-refractivity contribution in [3.63, 3.8) is 0 Å². The van der Waals surface area contributed by atoms with Crippen molar-refractivity contribution in [2.45, 2.75) is 57.4 Å². The van der Waals surface area contributed by atoms with Gasteiger partial charge < -0.3 is 4.90 Å². The van der Waals surface area contributed by atoms with Crippen LogP contribution < -0.4 is 0 Å². The Balaban J connectivity index is 1.43. The van der Waals surface area contributed by atoms with Crippen molar-refractivity contribution in [3.8, 4) is 0 Å². The van der Waals surface area contributed by atoms with Crippen LogP contribution in [-0.2, 0) is 14.4 Å². The van der Waals surface area contributed by atoms with Gasteiger partial charge in [0, 0.05) is 13.1 Å². The molecule has 0 aromatic carbocycles.